The first-order chi connectivity index (χ1) is 11.7. The van der Waals surface area contributed by atoms with Crippen LogP contribution in [0.4, 0.5) is 0 Å². The van der Waals surface area contributed by atoms with Crippen LogP contribution in [-0.2, 0) is 18.2 Å². The van der Waals surface area contributed by atoms with Crippen LogP contribution in [0.25, 0.3) is 10.9 Å². The van der Waals surface area contributed by atoms with Crippen LogP contribution < -0.4 is 5.32 Å². The molecule has 3 aliphatic heterocycles. The highest BCUT2D eigenvalue weighted by Crippen LogP contribution is 2.49. The number of para-hydroxylation sites is 1. The van der Waals surface area contributed by atoms with E-state index in [0.29, 0.717) is 30.5 Å². The summed E-state index contributed by atoms with van der Waals surface area (Å²) in [6.07, 6.45) is 2.62. The Labute approximate surface area is 142 Å². The summed E-state index contributed by atoms with van der Waals surface area (Å²) >= 11 is 0. The van der Waals surface area contributed by atoms with E-state index in [2.05, 4.69) is 48.1 Å². The Morgan fingerprint density at radius 2 is 2.17 bits per heavy atom. The Kier molecular flexibility index (Phi) is 3.31. The zero-order valence-corrected chi connectivity index (χ0v) is 14.4. The van der Waals surface area contributed by atoms with E-state index in [1.807, 2.05) is 0 Å². The van der Waals surface area contributed by atoms with Gasteiger partial charge in [0, 0.05) is 41.6 Å². The van der Waals surface area contributed by atoms with Crippen LogP contribution in [0.1, 0.15) is 37.1 Å². The highest BCUT2D eigenvalue weighted by atomic mass is 16.6. The third kappa shape index (κ3) is 1.91. The van der Waals surface area contributed by atoms with Crippen LogP contribution in [0.3, 0.4) is 0 Å². The van der Waals surface area contributed by atoms with E-state index in [0.717, 1.165) is 19.3 Å². The first-order valence-electron chi connectivity index (χ1n) is 9.31. The average molecular weight is 326 g/mol. The monoisotopic (exact) mass is 326 g/mol. The summed E-state index contributed by atoms with van der Waals surface area (Å²) in [5.74, 6) is 1.34. The molecule has 0 spiro atoms. The zero-order chi connectivity index (χ0) is 16.4. The van der Waals surface area contributed by atoms with Crippen molar-refractivity contribution in [2.75, 3.05) is 6.61 Å². The fraction of sp³-hybridized carbons (Fsp3) is 0.600. The molecular formula is C20H26N2O2. The second kappa shape index (κ2) is 5.32. The summed E-state index contributed by atoms with van der Waals surface area (Å²) in [7, 11) is 2.20. The van der Waals surface area contributed by atoms with Gasteiger partial charge in [-0.2, -0.15) is 0 Å². The minimum absolute atomic E-state index is 0.215. The van der Waals surface area contributed by atoms with Gasteiger partial charge in [0.25, 0.3) is 0 Å². The minimum Gasteiger partial charge on any atom is -0.368 e. The average Bonchev–Trinajstić information content (AvgIpc) is 2.88. The second-order valence-electron chi connectivity index (χ2n) is 7.84. The molecule has 0 amide bonds. The predicted octanol–water partition coefficient (Wildman–Crippen LogP) is 2.74. The van der Waals surface area contributed by atoms with Gasteiger partial charge in [-0.25, -0.2) is 0 Å². The van der Waals surface area contributed by atoms with Crippen molar-refractivity contribution in [2.45, 2.75) is 44.6 Å². The van der Waals surface area contributed by atoms with Crippen molar-refractivity contribution >= 4 is 10.9 Å². The quantitative estimate of drug-likeness (QED) is 0.847. The molecule has 2 bridgehead atoms. The van der Waals surface area contributed by atoms with Crippen molar-refractivity contribution in [3.8, 4) is 0 Å². The van der Waals surface area contributed by atoms with Crippen molar-refractivity contribution < 1.29 is 9.84 Å². The number of hydrogen-bond acceptors (Lipinski definition) is 3. The van der Waals surface area contributed by atoms with Crippen molar-refractivity contribution in [3.05, 3.63) is 35.5 Å². The molecule has 1 aromatic carbocycles. The van der Waals surface area contributed by atoms with Gasteiger partial charge < -0.3 is 19.7 Å². The predicted molar refractivity (Wildman–Crippen MR) is 93.6 cm³/mol. The molecule has 4 heteroatoms. The molecule has 128 valence electrons. The Hall–Kier alpha value is -1.36. The molecule has 4 heterocycles. The lowest BCUT2D eigenvalue weighted by Gasteiger charge is -2.52. The molecule has 2 fully saturated rings. The number of fused-ring (bicyclic) bond motifs is 8. The topological polar surface area (TPSA) is 46.4 Å². The Morgan fingerprint density at radius 3 is 3.00 bits per heavy atom. The summed E-state index contributed by atoms with van der Waals surface area (Å²) < 4.78 is 8.12. The Balaban J connectivity index is 1.63. The highest BCUT2D eigenvalue weighted by molar-refractivity contribution is 5.86. The van der Waals surface area contributed by atoms with E-state index < -0.39 is 6.29 Å². The molecule has 1 aromatic heterocycles. The SMILES string of the molecule is CC[C@@H]1CO[C@@H](O)[C@H]2[C@H]1C[C@H]1N[C@@H]2Cc2c1n(C)c1ccccc21. The standard InChI is InChI=1S/C20H26N2O2/c1-3-11-10-24-20(23)18-13(11)8-16-19-14(9-15(18)21-16)12-6-4-5-7-17(12)22(19)2/h4-7,11,13,15-16,18,20-21,23H,3,8-10H2,1-2H3/t11-,13+,15-,16-,18+,20-/m1/s1. The van der Waals surface area contributed by atoms with Crippen molar-refractivity contribution in [1.82, 2.24) is 9.88 Å². The summed E-state index contributed by atoms with van der Waals surface area (Å²) in [6.45, 7) is 2.96. The van der Waals surface area contributed by atoms with Gasteiger partial charge in [0.1, 0.15) is 0 Å². The molecule has 3 aliphatic rings. The first-order valence-corrected chi connectivity index (χ1v) is 9.31. The third-order valence-electron chi connectivity index (χ3n) is 6.84. The number of benzene rings is 1. The van der Waals surface area contributed by atoms with Gasteiger partial charge in [-0.1, -0.05) is 31.5 Å². The molecule has 5 rings (SSSR count). The van der Waals surface area contributed by atoms with Gasteiger partial charge in [0.05, 0.1) is 6.61 Å². The highest BCUT2D eigenvalue weighted by Gasteiger charge is 2.50. The number of ether oxygens (including phenoxy) is 1. The number of aliphatic hydroxyl groups is 1. The molecule has 0 unspecified atom stereocenters. The van der Waals surface area contributed by atoms with E-state index in [9.17, 15) is 5.11 Å². The van der Waals surface area contributed by atoms with E-state index in [1.165, 1.54) is 22.2 Å². The summed E-state index contributed by atoms with van der Waals surface area (Å²) in [5, 5.41) is 15.7. The van der Waals surface area contributed by atoms with Crippen molar-refractivity contribution in [3.63, 3.8) is 0 Å². The Morgan fingerprint density at radius 1 is 1.33 bits per heavy atom. The third-order valence-corrected chi connectivity index (χ3v) is 6.84. The second-order valence-corrected chi connectivity index (χ2v) is 7.84. The fourth-order valence-corrected chi connectivity index (χ4v) is 5.72. The number of nitrogens with zero attached hydrogens (tertiary/aromatic N) is 1. The van der Waals surface area contributed by atoms with Crippen LogP contribution >= 0.6 is 0 Å². The van der Waals surface area contributed by atoms with Gasteiger partial charge in [0.15, 0.2) is 6.29 Å². The molecule has 2 aromatic rings. The maximum atomic E-state index is 10.5. The number of aryl methyl sites for hydroxylation is 1. The fourth-order valence-electron chi connectivity index (χ4n) is 5.72. The summed E-state index contributed by atoms with van der Waals surface area (Å²) in [5.41, 5.74) is 4.26. The maximum absolute atomic E-state index is 10.5. The minimum atomic E-state index is -0.618. The first kappa shape index (κ1) is 14.9. The van der Waals surface area contributed by atoms with Crippen LogP contribution in [-0.4, -0.2) is 28.6 Å². The number of aliphatic hydroxyl groups excluding tert-OH is 1. The van der Waals surface area contributed by atoms with Gasteiger partial charge in [-0.15, -0.1) is 0 Å². The lowest BCUT2D eigenvalue weighted by Crippen LogP contribution is -2.59. The zero-order valence-electron chi connectivity index (χ0n) is 14.4. The smallest absolute Gasteiger partial charge is 0.159 e. The molecule has 0 saturated carbocycles. The molecule has 0 radical (unpaired) electrons. The van der Waals surface area contributed by atoms with Crippen LogP contribution in [0, 0.1) is 17.8 Å². The van der Waals surface area contributed by atoms with Crippen molar-refractivity contribution in [1.29, 1.82) is 0 Å². The van der Waals surface area contributed by atoms with E-state index in [1.54, 1.807) is 0 Å². The Bertz CT molecular complexity index is 783. The molecule has 2 N–H and O–H groups in total. The number of hydrogen-bond donors (Lipinski definition) is 2. The maximum Gasteiger partial charge on any atom is 0.159 e. The van der Waals surface area contributed by atoms with E-state index >= 15 is 0 Å². The molecule has 4 nitrogen and oxygen atoms in total. The lowest BCUT2D eigenvalue weighted by atomic mass is 9.65. The van der Waals surface area contributed by atoms with Gasteiger partial charge in [-0.3, -0.25) is 0 Å². The molecule has 6 atom stereocenters. The normalized spacial score (nSPS) is 38.0. The number of nitrogens with one attached hydrogen (secondary N) is 1. The molecule has 2 saturated heterocycles. The van der Waals surface area contributed by atoms with E-state index in [4.69, 9.17) is 4.74 Å². The van der Waals surface area contributed by atoms with Gasteiger partial charge >= 0.3 is 0 Å². The summed E-state index contributed by atoms with van der Waals surface area (Å²) in [6, 6.07) is 9.44. The van der Waals surface area contributed by atoms with E-state index in [-0.39, 0.29) is 5.92 Å². The number of piperidine rings is 1. The number of rotatable bonds is 1. The number of aromatic nitrogens is 1. The van der Waals surface area contributed by atoms with Crippen LogP contribution in [0.5, 0.6) is 0 Å². The van der Waals surface area contributed by atoms with Crippen LogP contribution in [0.2, 0.25) is 0 Å². The van der Waals surface area contributed by atoms with Crippen molar-refractivity contribution in [2.24, 2.45) is 24.8 Å². The molecule has 24 heavy (non-hydrogen) atoms. The molecular weight excluding hydrogens is 300 g/mol. The molecule has 0 aliphatic carbocycles. The van der Waals surface area contributed by atoms with Crippen LogP contribution in [0.15, 0.2) is 24.3 Å². The summed E-state index contributed by atoms with van der Waals surface area (Å²) in [4.78, 5) is 0. The largest absolute Gasteiger partial charge is 0.368 e. The van der Waals surface area contributed by atoms with Gasteiger partial charge in [-0.05, 0) is 36.3 Å². The lowest BCUT2D eigenvalue weighted by molar-refractivity contribution is -0.216. The van der Waals surface area contributed by atoms with Gasteiger partial charge in [0.2, 0.25) is 0 Å².